The molecule has 0 aliphatic heterocycles. The number of hydrogen-bond acceptors (Lipinski definition) is 3. The number of anilines is 2. The van der Waals surface area contributed by atoms with E-state index in [2.05, 4.69) is 4.98 Å². The Morgan fingerprint density at radius 2 is 2.00 bits per heavy atom. The second-order valence-corrected chi connectivity index (χ2v) is 4.76. The highest BCUT2D eigenvalue weighted by Gasteiger charge is 2.10. The summed E-state index contributed by atoms with van der Waals surface area (Å²) in [6, 6.07) is 6.72. The van der Waals surface area contributed by atoms with E-state index in [9.17, 15) is 4.39 Å². The maximum Gasteiger partial charge on any atom is 0.144 e. The second-order valence-electron chi connectivity index (χ2n) is 4.35. The molecule has 0 aliphatic carbocycles. The number of aromatic nitrogens is 1. The fraction of sp³-hybridized carbons (Fsp3) is 0.214. The van der Waals surface area contributed by atoms with Crippen LogP contribution in [0.2, 0.25) is 5.02 Å². The van der Waals surface area contributed by atoms with E-state index >= 15 is 0 Å². The van der Waals surface area contributed by atoms with Gasteiger partial charge in [0.1, 0.15) is 5.82 Å². The summed E-state index contributed by atoms with van der Waals surface area (Å²) in [5.74, 6) is -0.457. The Bertz CT molecular complexity index is 560. The van der Waals surface area contributed by atoms with Gasteiger partial charge >= 0.3 is 0 Å². The molecule has 1 heterocycles. The maximum absolute atomic E-state index is 13.5. The minimum absolute atomic E-state index is 0.0452. The number of halogens is 2. The van der Waals surface area contributed by atoms with Crippen LogP contribution in [0.5, 0.6) is 0 Å². The number of pyridine rings is 1. The highest BCUT2D eigenvalue weighted by Crippen LogP contribution is 2.28. The Morgan fingerprint density at radius 3 is 2.68 bits per heavy atom. The fourth-order valence-electron chi connectivity index (χ4n) is 1.85. The SMILES string of the molecule is CN(CCc1ccncc1)c1cc(F)c(Cl)cc1N. The van der Waals surface area contributed by atoms with Gasteiger partial charge in [-0.05, 0) is 30.2 Å². The lowest BCUT2D eigenvalue weighted by molar-refractivity contribution is 0.628. The van der Waals surface area contributed by atoms with Crippen LogP contribution in [0.25, 0.3) is 0 Å². The fourth-order valence-corrected chi connectivity index (χ4v) is 2.02. The van der Waals surface area contributed by atoms with Crippen molar-refractivity contribution in [3.63, 3.8) is 0 Å². The van der Waals surface area contributed by atoms with Crippen molar-refractivity contribution in [2.24, 2.45) is 0 Å². The largest absolute Gasteiger partial charge is 0.397 e. The highest BCUT2D eigenvalue weighted by atomic mass is 35.5. The molecule has 3 nitrogen and oxygen atoms in total. The van der Waals surface area contributed by atoms with Crippen molar-refractivity contribution >= 4 is 23.0 Å². The number of nitrogens with two attached hydrogens (primary N) is 1. The molecule has 0 saturated carbocycles. The first kappa shape index (κ1) is 13.6. The Balaban J connectivity index is 2.08. The molecule has 0 fully saturated rings. The summed E-state index contributed by atoms with van der Waals surface area (Å²) in [4.78, 5) is 5.88. The molecule has 2 N–H and O–H groups in total. The van der Waals surface area contributed by atoms with Crippen LogP contribution in [-0.4, -0.2) is 18.6 Å². The first-order chi connectivity index (χ1) is 9.08. The maximum atomic E-state index is 13.5. The monoisotopic (exact) mass is 279 g/mol. The predicted octanol–water partition coefficient (Wildman–Crippen LogP) is 3.14. The molecule has 2 aromatic rings. The molecular weight excluding hydrogens is 265 g/mol. The summed E-state index contributed by atoms with van der Waals surface area (Å²) in [5.41, 5.74) is 8.16. The molecule has 1 aromatic heterocycles. The minimum Gasteiger partial charge on any atom is -0.397 e. The van der Waals surface area contributed by atoms with Crippen molar-refractivity contribution in [2.45, 2.75) is 6.42 Å². The molecule has 5 heteroatoms. The molecule has 0 saturated heterocycles. The first-order valence-corrected chi connectivity index (χ1v) is 6.30. The second kappa shape index (κ2) is 5.89. The summed E-state index contributed by atoms with van der Waals surface area (Å²) in [6.07, 6.45) is 4.35. The summed E-state index contributed by atoms with van der Waals surface area (Å²) < 4.78 is 13.5. The van der Waals surface area contributed by atoms with Crippen molar-refractivity contribution < 1.29 is 4.39 Å². The third-order valence-corrected chi connectivity index (χ3v) is 3.26. The average molecular weight is 280 g/mol. The topological polar surface area (TPSA) is 42.2 Å². The average Bonchev–Trinajstić information content (AvgIpc) is 2.41. The van der Waals surface area contributed by atoms with Crippen LogP contribution in [0, 0.1) is 5.82 Å². The summed E-state index contributed by atoms with van der Waals surface area (Å²) in [6.45, 7) is 0.731. The van der Waals surface area contributed by atoms with Crippen LogP contribution in [0.3, 0.4) is 0 Å². The number of nitrogen functional groups attached to an aromatic ring is 1. The molecule has 0 unspecified atom stereocenters. The Labute approximate surface area is 116 Å². The van der Waals surface area contributed by atoms with E-state index in [1.807, 2.05) is 24.1 Å². The lowest BCUT2D eigenvalue weighted by Crippen LogP contribution is -2.21. The molecule has 0 radical (unpaired) electrons. The van der Waals surface area contributed by atoms with Crippen LogP contribution in [0.1, 0.15) is 5.56 Å². The highest BCUT2D eigenvalue weighted by molar-refractivity contribution is 6.31. The van der Waals surface area contributed by atoms with E-state index in [-0.39, 0.29) is 5.02 Å². The normalized spacial score (nSPS) is 10.5. The third kappa shape index (κ3) is 3.35. The van der Waals surface area contributed by atoms with E-state index in [0.29, 0.717) is 11.4 Å². The first-order valence-electron chi connectivity index (χ1n) is 5.92. The van der Waals surface area contributed by atoms with Crippen molar-refractivity contribution in [3.8, 4) is 0 Å². The molecule has 0 bridgehead atoms. The number of hydrogen-bond donors (Lipinski definition) is 1. The van der Waals surface area contributed by atoms with Crippen LogP contribution in [0.4, 0.5) is 15.8 Å². The van der Waals surface area contributed by atoms with Gasteiger partial charge in [-0.1, -0.05) is 11.6 Å². The quantitative estimate of drug-likeness (QED) is 0.875. The van der Waals surface area contributed by atoms with Crippen molar-refractivity contribution in [2.75, 3.05) is 24.2 Å². The molecule has 19 heavy (non-hydrogen) atoms. The Kier molecular flexibility index (Phi) is 4.22. The lowest BCUT2D eigenvalue weighted by Gasteiger charge is -2.21. The van der Waals surface area contributed by atoms with Crippen LogP contribution in [0.15, 0.2) is 36.7 Å². The van der Waals surface area contributed by atoms with E-state index in [4.69, 9.17) is 17.3 Å². The van der Waals surface area contributed by atoms with Crippen LogP contribution in [-0.2, 0) is 6.42 Å². The summed E-state index contributed by atoms with van der Waals surface area (Å²) in [5, 5.41) is 0.0452. The zero-order valence-electron chi connectivity index (χ0n) is 10.6. The third-order valence-electron chi connectivity index (χ3n) is 2.97. The summed E-state index contributed by atoms with van der Waals surface area (Å²) in [7, 11) is 1.88. The summed E-state index contributed by atoms with van der Waals surface area (Å²) >= 11 is 5.68. The van der Waals surface area contributed by atoms with Gasteiger partial charge in [0.25, 0.3) is 0 Å². The van der Waals surface area contributed by atoms with Gasteiger partial charge in [0.15, 0.2) is 0 Å². The smallest absolute Gasteiger partial charge is 0.144 e. The van der Waals surface area contributed by atoms with E-state index < -0.39 is 5.82 Å². The van der Waals surface area contributed by atoms with Crippen molar-refractivity contribution in [1.29, 1.82) is 0 Å². The van der Waals surface area contributed by atoms with Gasteiger partial charge in [-0.2, -0.15) is 0 Å². The zero-order valence-corrected chi connectivity index (χ0v) is 11.4. The lowest BCUT2D eigenvalue weighted by atomic mass is 10.2. The van der Waals surface area contributed by atoms with Crippen LogP contribution < -0.4 is 10.6 Å². The molecule has 0 atom stereocenters. The van der Waals surface area contributed by atoms with Gasteiger partial charge in [0.2, 0.25) is 0 Å². The van der Waals surface area contributed by atoms with Crippen LogP contribution >= 0.6 is 11.6 Å². The zero-order chi connectivity index (χ0) is 13.8. The number of nitrogens with zero attached hydrogens (tertiary/aromatic N) is 2. The molecule has 0 amide bonds. The number of rotatable bonds is 4. The van der Waals surface area contributed by atoms with Crippen molar-refractivity contribution in [3.05, 3.63) is 53.1 Å². The van der Waals surface area contributed by atoms with E-state index in [0.717, 1.165) is 13.0 Å². The van der Waals surface area contributed by atoms with Gasteiger partial charge < -0.3 is 10.6 Å². The van der Waals surface area contributed by atoms with E-state index in [1.165, 1.54) is 17.7 Å². The number of benzene rings is 1. The molecule has 0 aliphatic rings. The Morgan fingerprint density at radius 1 is 1.32 bits per heavy atom. The van der Waals surface area contributed by atoms with E-state index in [1.54, 1.807) is 12.4 Å². The molecule has 1 aromatic carbocycles. The minimum atomic E-state index is -0.457. The van der Waals surface area contributed by atoms with Gasteiger partial charge in [-0.3, -0.25) is 4.98 Å². The van der Waals surface area contributed by atoms with Gasteiger partial charge in [-0.15, -0.1) is 0 Å². The molecule has 0 spiro atoms. The standard InChI is InChI=1S/C14H15ClFN3/c1-19(7-4-10-2-5-18-6-3-10)14-9-12(16)11(15)8-13(14)17/h2-3,5-6,8-9H,4,7,17H2,1H3. The van der Waals surface area contributed by atoms with Gasteiger partial charge in [-0.25, -0.2) is 4.39 Å². The molecule has 100 valence electrons. The van der Waals surface area contributed by atoms with Crippen molar-refractivity contribution in [1.82, 2.24) is 4.98 Å². The van der Waals surface area contributed by atoms with Gasteiger partial charge in [0.05, 0.1) is 16.4 Å². The molecule has 2 rings (SSSR count). The number of likely N-dealkylation sites (N-methyl/N-ethyl adjacent to an activating group) is 1. The van der Waals surface area contributed by atoms with Gasteiger partial charge in [0, 0.05) is 32.1 Å². The predicted molar refractivity (Wildman–Crippen MR) is 77.0 cm³/mol. The Hall–Kier alpha value is -1.81. The molecular formula is C14H15ClFN3.